The van der Waals surface area contributed by atoms with Gasteiger partial charge in [-0.05, 0) is 28.1 Å². The summed E-state index contributed by atoms with van der Waals surface area (Å²) < 4.78 is 2.26. The van der Waals surface area contributed by atoms with E-state index in [1.54, 1.807) is 16.8 Å². The van der Waals surface area contributed by atoms with Gasteiger partial charge in [0.05, 0.1) is 10.6 Å². The summed E-state index contributed by atoms with van der Waals surface area (Å²) in [7, 11) is 0. The number of hydrogen-bond acceptors (Lipinski definition) is 4. The van der Waals surface area contributed by atoms with Crippen LogP contribution in [0, 0.1) is 10.1 Å². The van der Waals surface area contributed by atoms with Crippen molar-refractivity contribution >= 4 is 21.6 Å². The molecule has 0 spiro atoms. The normalized spacial score (nSPS) is 10.5. The average Bonchev–Trinajstić information content (AvgIpc) is 2.90. The van der Waals surface area contributed by atoms with Crippen molar-refractivity contribution in [3.63, 3.8) is 0 Å². The van der Waals surface area contributed by atoms with Gasteiger partial charge in [-0.25, -0.2) is 4.68 Å². The van der Waals surface area contributed by atoms with Gasteiger partial charge >= 0.3 is 0 Å². The Morgan fingerprint density at radius 1 is 1.05 bits per heavy atom. The van der Waals surface area contributed by atoms with Gasteiger partial charge in [-0.1, -0.05) is 35.5 Å². The number of rotatable bonds is 3. The molecule has 3 rings (SSSR count). The van der Waals surface area contributed by atoms with Crippen LogP contribution in [-0.2, 0) is 0 Å². The van der Waals surface area contributed by atoms with Crippen LogP contribution in [0.5, 0.6) is 0 Å². The number of nitro benzene ring substituents is 1. The molecule has 0 unspecified atom stereocenters. The molecule has 21 heavy (non-hydrogen) atoms. The largest absolute Gasteiger partial charge is 0.269 e. The highest BCUT2D eigenvalue weighted by molar-refractivity contribution is 9.10. The summed E-state index contributed by atoms with van der Waals surface area (Å²) in [5.74, 6) is 0. The van der Waals surface area contributed by atoms with Crippen LogP contribution in [0.25, 0.3) is 16.9 Å². The maximum atomic E-state index is 10.7. The lowest BCUT2D eigenvalue weighted by Crippen LogP contribution is -1.99. The summed E-state index contributed by atoms with van der Waals surface area (Å²) in [5, 5.41) is 18.8. The van der Waals surface area contributed by atoms with E-state index in [0.29, 0.717) is 10.3 Å². The maximum absolute atomic E-state index is 10.7. The van der Waals surface area contributed by atoms with Crippen molar-refractivity contribution < 1.29 is 4.92 Å². The van der Waals surface area contributed by atoms with E-state index in [4.69, 9.17) is 0 Å². The minimum atomic E-state index is -0.431. The molecule has 7 heteroatoms. The highest BCUT2D eigenvalue weighted by atomic mass is 79.9. The Morgan fingerprint density at radius 2 is 1.71 bits per heavy atom. The fourth-order valence-corrected chi connectivity index (χ4v) is 2.46. The summed E-state index contributed by atoms with van der Waals surface area (Å²) >= 11 is 3.39. The van der Waals surface area contributed by atoms with E-state index < -0.39 is 4.92 Å². The third-order valence-electron chi connectivity index (χ3n) is 2.98. The van der Waals surface area contributed by atoms with E-state index in [9.17, 15) is 10.1 Å². The molecular weight excluding hydrogens is 336 g/mol. The van der Waals surface area contributed by atoms with Gasteiger partial charge in [0.15, 0.2) is 4.60 Å². The molecule has 0 amide bonds. The first-order valence-electron chi connectivity index (χ1n) is 6.08. The zero-order chi connectivity index (χ0) is 14.8. The van der Waals surface area contributed by atoms with Gasteiger partial charge in [-0.15, -0.1) is 5.10 Å². The minimum Gasteiger partial charge on any atom is -0.258 e. The molecule has 6 nitrogen and oxygen atoms in total. The summed E-state index contributed by atoms with van der Waals surface area (Å²) in [5.41, 5.74) is 2.49. The predicted octanol–water partition coefficient (Wildman–Crippen LogP) is 3.61. The molecule has 0 aliphatic rings. The maximum Gasteiger partial charge on any atom is 0.269 e. The molecule has 0 fully saturated rings. The van der Waals surface area contributed by atoms with Crippen molar-refractivity contribution in [2.24, 2.45) is 0 Å². The van der Waals surface area contributed by atoms with E-state index in [1.165, 1.54) is 12.1 Å². The standard InChI is InChI=1S/C14H9BrN4O2/c15-14-13(10-4-2-1-3-5-10)18(17-16-14)11-6-8-12(9-7-11)19(20)21/h1-9H. The van der Waals surface area contributed by atoms with Crippen LogP contribution in [0.3, 0.4) is 0 Å². The van der Waals surface area contributed by atoms with Gasteiger partial charge < -0.3 is 0 Å². The van der Waals surface area contributed by atoms with Gasteiger partial charge in [0.1, 0.15) is 5.69 Å². The number of non-ortho nitro benzene ring substituents is 1. The van der Waals surface area contributed by atoms with Gasteiger partial charge in [-0.2, -0.15) is 0 Å². The molecule has 0 aliphatic heterocycles. The molecule has 104 valence electrons. The second kappa shape index (κ2) is 5.45. The third-order valence-corrected chi connectivity index (χ3v) is 3.52. The van der Waals surface area contributed by atoms with Crippen LogP contribution in [0.15, 0.2) is 59.2 Å². The molecule has 1 heterocycles. The van der Waals surface area contributed by atoms with E-state index in [0.717, 1.165) is 11.3 Å². The van der Waals surface area contributed by atoms with Crippen LogP contribution in [0.4, 0.5) is 5.69 Å². The summed E-state index contributed by atoms with van der Waals surface area (Å²) in [6.07, 6.45) is 0. The van der Waals surface area contributed by atoms with Crippen LogP contribution < -0.4 is 0 Å². The monoisotopic (exact) mass is 344 g/mol. The smallest absolute Gasteiger partial charge is 0.258 e. The molecule has 0 saturated carbocycles. The fourth-order valence-electron chi connectivity index (χ4n) is 2.00. The lowest BCUT2D eigenvalue weighted by atomic mass is 10.1. The Labute approximate surface area is 128 Å². The minimum absolute atomic E-state index is 0.0409. The Balaban J connectivity index is 2.10. The number of hydrogen-bond donors (Lipinski definition) is 0. The van der Waals surface area contributed by atoms with Crippen molar-refractivity contribution in [1.82, 2.24) is 15.0 Å². The molecule has 1 aromatic heterocycles. The van der Waals surface area contributed by atoms with Crippen molar-refractivity contribution in [2.75, 3.05) is 0 Å². The van der Waals surface area contributed by atoms with Gasteiger partial charge in [0.2, 0.25) is 0 Å². The highest BCUT2D eigenvalue weighted by Crippen LogP contribution is 2.28. The first-order valence-corrected chi connectivity index (χ1v) is 6.87. The van der Waals surface area contributed by atoms with E-state index in [2.05, 4.69) is 26.2 Å². The first-order chi connectivity index (χ1) is 10.2. The quantitative estimate of drug-likeness (QED) is 0.537. The Bertz CT molecular complexity index is 784. The van der Waals surface area contributed by atoms with Crippen molar-refractivity contribution in [2.45, 2.75) is 0 Å². The first kappa shape index (κ1) is 13.4. The lowest BCUT2D eigenvalue weighted by molar-refractivity contribution is -0.384. The van der Waals surface area contributed by atoms with Gasteiger partial charge in [-0.3, -0.25) is 10.1 Å². The summed E-state index contributed by atoms with van der Waals surface area (Å²) in [6.45, 7) is 0. The van der Waals surface area contributed by atoms with E-state index >= 15 is 0 Å². The van der Waals surface area contributed by atoms with Gasteiger partial charge in [0, 0.05) is 17.7 Å². The van der Waals surface area contributed by atoms with Crippen LogP contribution in [0.1, 0.15) is 0 Å². The molecule has 0 N–H and O–H groups in total. The second-order valence-electron chi connectivity index (χ2n) is 4.28. The molecule has 3 aromatic rings. The number of nitro groups is 1. The Kier molecular flexibility index (Phi) is 3.49. The molecule has 0 bridgehead atoms. The van der Waals surface area contributed by atoms with Gasteiger partial charge in [0.25, 0.3) is 5.69 Å². The van der Waals surface area contributed by atoms with E-state index in [1.807, 2.05) is 30.3 Å². The zero-order valence-electron chi connectivity index (χ0n) is 10.7. The summed E-state index contributed by atoms with van der Waals surface area (Å²) in [6, 6.07) is 15.9. The predicted molar refractivity (Wildman–Crippen MR) is 81.1 cm³/mol. The van der Waals surface area contributed by atoms with Crippen molar-refractivity contribution in [3.05, 3.63) is 69.3 Å². The fraction of sp³-hybridized carbons (Fsp3) is 0. The SMILES string of the molecule is O=[N+]([O-])c1ccc(-n2nnc(Br)c2-c2ccccc2)cc1. The van der Waals surface area contributed by atoms with E-state index in [-0.39, 0.29) is 5.69 Å². The Hall–Kier alpha value is -2.54. The Morgan fingerprint density at radius 3 is 2.33 bits per heavy atom. The number of halogens is 1. The molecule has 0 aliphatic carbocycles. The topological polar surface area (TPSA) is 73.8 Å². The number of benzene rings is 2. The lowest BCUT2D eigenvalue weighted by Gasteiger charge is -2.06. The molecule has 0 atom stereocenters. The highest BCUT2D eigenvalue weighted by Gasteiger charge is 2.15. The second-order valence-corrected chi connectivity index (χ2v) is 5.03. The van der Waals surface area contributed by atoms with Crippen LogP contribution in [0.2, 0.25) is 0 Å². The number of nitrogens with zero attached hydrogens (tertiary/aromatic N) is 4. The van der Waals surface area contributed by atoms with Crippen LogP contribution >= 0.6 is 15.9 Å². The van der Waals surface area contributed by atoms with Crippen molar-refractivity contribution in [3.8, 4) is 16.9 Å². The summed E-state index contributed by atoms with van der Waals surface area (Å²) in [4.78, 5) is 10.3. The molecule has 0 saturated heterocycles. The molecular formula is C14H9BrN4O2. The molecule has 0 radical (unpaired) electrons. The van der Waals surface area contributed by atoms with Crippen LogP contribution in [-0.4, -0.2) is 19.9 Å². The zero-order valence-corrected chi connectivity index (χ0v) is 12.3. The molecule has 2 aromatic carbocycles. The average molecular weight is 345 g/mol. The van der Waals surface area contributed by atoms with Crippen molar-refractivity contribution in [1.29, 1.82) is 0 Å². The third kappa shape index (κ3) is 2.55. The number of aromatic nitrogens is 3.